The Morgan fingerprint density at radius 2 is 1.89 bits per heavy atom. The van der Waals surface area contributed by atoms with Crippen LogP contribution in [0.25, 0.3) is 0 Å². The molecule has 0 aliphatic carbocycles. The van der Waals surface area contributed by atoms with Crippen LogP contribution in [0, 0.1) is 0 Å². The van der Waals surface area contributed by atoms with E-state index < -0.39 is 0 Å². The van der Waals surface area contributed by atoms with Crippen LogP contribution in [0.15, 0.2) is 0 Å². The van der Waals surface area contributed by atoms with Crippen LogP contribution < -0.4 is 0 Å². The molecule has 0 aliphatic heterocycles. The van der Waals surface area contributed by atoms with Crippen LogP contribution in [0.5, 0.6) is 0 Å². The van der Waals surface area contributed by atoms with Crippen LogP contribution in [0.1, 0.15) is 40.0 Å². The Balaban J connectivity index is 3.67. The minimum Gasteiger partial charge on any atom is -0.469 e. The van der Waals surface area contributed by atoms with Gasteiger partial charge in [0.25, 0.3) is 0 Å². The van der Waals surface area contributed by atoms with Gasteiger partial charge in [-0.05, 0) is 26.0 Å². The number of nitrogens with zero attached hydrogens (tertiary/aromatic N) is 1. The third kappa shape index (κ3) is 7.58. The molecule has 106 valence electrons. The van der Waals surface area contributed by atoms with E-state index in [1.807, 2.05) is 25.7 Å². The summed E-state index contributed by atoms with van der Waals surface area (Å²) in [7, 11) is 1.41. The van der Waals surface area contributed by atoms with Gasteiger partial charge in [-0.2, -0.15) is 11.8 Å². The lowest BCUT2D eigenvalue weighted by atomic mass is 10.3. The van der Waals surface area contributed by atoms with E-state index in [-0.39, 0.29) is 17.1 Å². The van der Waals surface area contributed by atoms with Crippen molar-refractivity contribution in [2.24, 2.45) is 0 Å². The highest BCUT2D eigenvalue weighted by Gasteiger charge is 2.11. The standard InChI is InChI=1S/C13H25NO3S/c1-5-14(6-2)12(15)8-7-9-18-11(3)10-13(16)17-4/h11H,5-10H2,1-4H3. The molecule has 0 heterocycles. The largest absolute Gasteiger partial charge is 0.469 e. The predicted octanol–water partition coefficient (Wildman–Crippen LogP) is 2.32. The lowest BCUT2D eigenvalue weighted by molar-refractivity contribution is -0.140. The number of methoxy groups -OCH3 is 1. The first-order valence-electron chi connectivity index (χ1n) is 6.51. The fraction of sp³-hybridized carbons (Fsp3) is 0.846. The molecule has 0 bridgehead atoms. The molecule has 4 nitrogen and oxygen atoms in total. The van der Waals surface area contributed by atoms with Crippen molar-refractivity contribution in [2.45, 2.75) is 45.3 Å². The summed E-state index contributed by atoms with van der Waals surface area (Å²) in [4.78, 5) is 24.6. The van der Waals surface area contributed by atoms with E-state index in [2.05, 4.69) is 4.74 Å². The zero-order chi connectivity index (χ0) is 14.0. The summed E-state index contributed by atoms with van der Waals surface area (Å²) in [6.45, 7) is 7.55. The molecule has 0 N–H and O–H groups in total. The van der Waals surface area contributed by atoms with Crippen molar-refractivity contribution in [3.05, 3.63) is 0 Å². The van der Waals surface area contributed by atoms with Gasteiger partial charge < -0.3 is 9.64 Å². The third-order valence-electron chi connectivity index (χ3n) is 2.74. The highest BCUT2D eigenvalue weighted by molar-refractivity contribution is 7.99. The maximum atomic E-state index is 11.7. The predicted molar refractivity (Wildman–Crippen MR) is 75.7 cm³/mol. The van der Waals surface area contributed by atoms with Gasteiger partial charge in [-0.25, -0.2) is 0 Å². The van der Waals surface area contributed by atoms with Crippen molar-refractivity contribution in [2.75, 3.05) is 26.0 Å². The van der Waals surface area contributed by atoms with Crippen molar-refractivity contribution in [1.82, 2.24) is 4.90 Å². The Hall–Kier alpha value is -0.710. The van der Waals surface area contributed by atoms with E-state index in [4.69, 9.17) is 0 Å². The van der Waals surface area contributed by atoms with Crippen LogP contribution in [0.2, 0.25) is 0 Å². The molecule has 0 fully saturated rings. The number of rotatable bonds is 9. The Kier molecular flexibility index (Phi) is 9.83. The van der Waals surface area contributed by atoms with E-state index in [1.54, 1.807) is 11.8 Å². The van der Waals surface area contributed by atoms with Gasteiger partial charge in [0, 0.05) is 24.8 Å². The monoisotopic (exact) mass is 275 g/mol. The summed E-state index contributed by atoms with van der Waals surface area (Å²) in [5.41, 5.74) is 0. The molecule has 0 aromatic rings. The molecule has 0 aliphatic rings. The van der Waals surface area contributed by atoms with Gasteiger partial charge in [-0.1, -0.05) is 6.92 Å². The number of esters is 1. The highest BCUT2D eigenvalue weighted by atomic mass is 32.2. The van der Waals surface area contributed by atoms with Crippen molar-refractivity contribution in [3.8, 4) is 0 Å². The second-order valence-electron chi connectivity index (χ2n) is 4.13. The maximum Gasteiger partial charge on any atom is 0.306 e. The van der Waals surface area contributed by atoms with Crippen molar-refractivity contribution in [1.29, 1.82) is 0 Å². The van der Waals surface area contributed by atoms with Crippen molar-refractivity contribution in [3.63, 3.8) is 0 Å². The summed E-state index contributed by atoms with van der Waals surface area (Å²) >= 11 is 1.72. The normalized spacial score (nSPS) is 12.0. The van der Waals surface area contributed by atoms with Gasteiger partial charge in [-0.15, -0.1) is 0 Å². The molecule has 0 spiro atoms. The van der Waals surface area contributed by atoms with Gasteiger partial charge >= 0.3 is 5.97 Å². The molecular formula is C13H25NO3S. The minimum absolute atomic E-state index is 0.172. The quantitative estimate of drug-likeness (QED) is 0.478. The van der Waals surface area contributed by atoms with Gasteiger partial charge in [0.2, 0.25) is 5.91 Å². The van der Waals surface area contributed by atoms with Crippen LogP contribution in [-0.4, -0.2) is 48.0 Å². The number of thioether (sulfide) groups is 1. The van der Waals surface area contributed by atoms with Crippen LogP contribution in [0.3, 0.4) is 0 Å². The maximum absolute atomic E-state index is 11.7. The van der Waals surface area contributed by atoms with Gasteiger partial charge in [-0.3, -0.25) is 9.59 Å². The van der Waals surface area contributed by atoms with E-state index in [0.29, 0.717) is 12.8 Å². The SMILES string of the molecule is CCN(CC)C(=O)CCCSC(C)CC(=O)OC. The van der Waals surface area contributed by atoms with Gasteiger partial charge in [0.1, 0.15) is 0 Å². The summed E-state index contributed by atoms with van der Waals surface area (Å²) in [5.74, 6) is 0.959. The molecule has 1 amide bonds. The zero-order valence-electron chi connectivity index (χ0n) is 11.9. The van der Waals surface area contributed by atoms with Crippen molar-refractivity contribution >= 4 is 23.6 Å². The number of hydrogen-bond donors (Lipinski definition) is 0. The molecule has 5 heteroatoms. The molecule has 0 saturated carbocycles. The summed E-state index contributed by atoms with van der Waals surface area (Å²) in [5, 5.41) is 0.251. The molecule has 0 radical (unpaired) electrons. The second-order valence-corrected chi connectivity index (χ2v) is 5.68. The average Bonchev–Trinajstić information content (AvgIpc) is 2.36. The molecule has 1 atom stereocenters. The first kappa shape index (κ1) is 17.3. The smallest absolute Gasteiger partial charge is 0.306 e. The average molecular weight is 275 g/mol. The number of ether oxygens (including phenoxy) is 1. The minimum atomic E-state index is -0.172. The summed E-state index contributed by atoms with van der Waals surface area (Å²) < 4.78 is 4.61. The Labute approximate surface area is 114 Å². The molecule has 0 rings (SSSR count). The fourth-order valence-electron chi connectivity index (χ4n) is 1.62. The summed E-state index contributed by atoms with van der Waals surface area (Å²) in [6.07, 6.45) is 1.90. The molecule has 0 saturated heterocycles. The number of amides is 1. The van der Waals surface area contributed by atoms with Crippen LogP contribution in [0.4, 0.5) is 0 Å². The number of hydrogen-bond acceptors (Lipinski definition) is 4. The molecule has 0 aromatic heterocycles. The highest BCUT2D eigenvalue weighted by Crippen LogP contribution is 2.16. The zero-order valence-corrected chi connectivity index (χ0v) is 12.7. The Morgan fingerprint density at radius 3 is 2.39 bits per heavy atom. The lowest BCUT2D eigenvalue weighted by Gasteiger charge is -2.18. The van der Waals surface area contributed by atoms with Crippen molar-refractivity contribution < 1.29 is 14.3 Å². The van der Waals surface area contributed by atoms with E-state index in [9.17, 15) is 9.59 Å². The molecule has 18 heavy (non-hydrogen) atoms. The lowest BCUT2D eigenvalue weighted by Crippen LogP contribution is -2.30. The molecule has 1 unspecified atom stereocenters. The van der Waals surface area contributed by atoms with E-state index in [1.165, 1.54) is 7.11 Å². The topological polar surface area (TPSA) is 46.6 Å². The van der Waals surface area contributed by atoms with E-state index in [0.717, 1.165) is 25.3 Å². The Morgan fingerprint density at radius 1 is 1.28 bits per heavy atom. The number of carbonyl (C=O) groups excluding carboxylic acids is 2. The first-order valence-corrected chi connectivity index (χ1v) is 7.56. The Bertz CT molecular complexity index is 255. The second kappa shape index (κ2) is 10.2. The van der Waals surface area contributed by atoms with Gasteiger partial charge in [0.05, 0.1) is 13.5 Å². The fourth-order valence-corrected chi connectivity index (χ4v) is 2.59. The number of carbonyl (C=O) groups is 2. The molecular weight excluding hydrogens is 250 g/mol. The van der Waals surface area contributed by atoms with Crippen LogP contribution >= 0.6 is 11.8 Å². The first-order chi connectivity index (χ1) is 8.54. The molecule has 0 aromatic carbocycles. The van der Waals surface area contributed by atoms with Gasteiger partial charge in [0.15, 0.2) is 0 Å². The van der Waals surface area contributed by atoms with Crippen LogP contribution in [-0.2, 0) is 14.3 Å². The third-order valence-corrected chi connectivity index (χ3v) is 4.00. The summed E-state index contributed by atoms with van der Waals surface area (Å²) in [6, 6.07) is 0. The van der Waals surface area contributed by atoms with E-state index >= 15 is 0 Å².